The fourth-order valence-corrected chi connectivity index (χ4v) is 4.49. The molecule has 1 fully saturated rings. The predicted octanol–water partition coefficient (Wildman–Crippen LogP) is 3.43. The van der Waals surface area contributed by atoms with E-state index in [2.05, 4.69) is 39.8 Å². The highest BCUT2D eigenvalue weighted by Gasteiger charge is 2.42. The van der Waals surface area contributed by atoms with Gasteiger partial charge in [0.25, 0.3) is 0 Å². The zero-order valence-electron chi connectivity index (χ0n) is 12.3. The summed E-state index contributed by atoms with van der Waals surface area (Å²) in [5.41, 5.74) is 7.68. The molecule has 1 aliphatic rings. The Morgan fingerprint density at radius 3 is 2.26 bits per heavy atom. The molecule has 2 N–H and O–H groups in total. The maximum Gasteiger partial charge on any atom is 0.0576 e. The molecule has 0 bridgehead atoms. The van der Waals surface area contributed by atoms with Crippen LogP contribution in [0.3, 0.4) is 0 Å². The summed E-state index contributed by atoms with van der Waals surface area (Å²) in [5, 5.41) is 0.0971. The van der Waals surface area contributed by atoms with Crippen molar-refractivity contribution in [2.45, 2.75) is 62.6 Å². The van der Waals surface area contributed by atoms with Crippen LogP contribution >= 0.6 is 0 Å². The van der Waals surface area contributed by atoms with Gasteiger partial charge in [-0.1, -0.05) is 39.8 Å². The second kappa shape index (κ2) is 5.37. The van der Waals surface area contributed by atoms with E-state index < -0.39 is 10.8 Å². The lowest BCUT2D eigenvalue weighted by atomic mass is 9.88. The minimum Gasteiger partial charge on any atom is -0.326 e. The number of hydrogen-bond acceptors (Lipinski definition) is 2. The van der Waals surface area contributed by atoms with E-state index in [1.807, 2.05) is 12.1 Å². The molecule has 2 rings (SSSR count). The molecule has 0 radical (unpaired) electrons. The Morgan fingerprint density at radius 2 is 1.84 bits per heavy atom. The minimum atomic E-state index is -0.982. The first-order valence-electron chi connectivity index (χ1n) is 7.09. The fourth-order valence-electron chi connectivity index (χ4n) is 2.77. The molecule has 0 heterocycles. The number of rotatable bonds is 3. The first kappa shape index (κ1) is 14.7. The van der Waals surface area contributed by atoms with Crippen molar-refractivity contribution in [3.05, 3.63) is 29.8 Å². The van der Waals surface area contributed by atoms with E-state index in [1.165, 1.54) is 5.56 Å². The SMILES string of the molecule is CC(C)c1ccc(S(=O)C2CCC(C)(C)C2N)cc1. The first-order chi connectivity index (χ1) is 8.83. The molecule has 19 heavy (non-hydrogen) atoms. The summed E-state index contributed by atoms with van der Waals surface area (Å²) in [5.74, 6) is 0.509. The zero-order valence-corrected chi connectivity index (χ0v) is 13.2. The smallest absolute Gasteiger partial charge is 0.0576 e. The lowest BCUT2D eigenvalue weighted by molar-refractivity contribution is 0.334. The number of nitrogens with two attached hydrogens (primary N) is 1. The first-order valence-corrected chi connectivity index (χ1v) is 8.30. The molecule has 0 aliphatic heterocycles. The monoisotopic (exact) mass is 279 g/mol. The van der Waals surface area contributed by atoms with E-state index in [0.29, 0.717) is 5.92 Å². The maximum atomic E-state index is 12.7. The normalized spacial score (nSPS) is 27.7. The van der Waals surface area contributed by atoms with Crippen LogP contribution in [0.15, 0.2) is 29.2 Å². The van der Waals surface area contributed by atoms with Crippen LogP contribution in [-0.2, 0) is 10.8 Å². The zero-order chi connectivity index (χ0) is 14.2. The highest BCUT2D eigenvalue weighted by atomic mass is 32.2. The third-order valence-electron chi connectivity index (χ3n) is 4.43. The summed E-state index contributed by atoms with van der Waals surface area (Å²) in [6.07, 6.45) is 2.03. The van der Waals surface area contributed by atoms with Gasteiger partial charge in [-0.25, -0.2) is 0 Å². The molecular weight excluding hydrogens is 254 g/mol. The molecule has 106 valence electrons. The molecule has 0 aromatic heterocycles. The predicted molar refractivity (Wildman–Crippen MR) is 81.7 cm³/mol. The average molecular weight is 279 g/mol. The highest BCUT2D eigenvalue weighted by Crippen LogP contribution is 2.39. The van der Waals surface area contributed by atoms with Gasteiger partial charge in [0.1, 0.15) is 0 Å². The van der Waals surface area contributed by atoms with Gasteiger partial charge < -0.3 is 5.73 Å². The lowest BCUT2D eigenvalue weighted by Gasteiger charge is -2.26. The van der Waals surface area contributed by atoms with E-state index in [0.717, 1.165) is 17.7 Å². The van der Waals surface area contributed by atoms with Gasteiger partial charge >= 0.3 is 0 Å². The molecule has 2 nitrogen and oxygen atoms in total. The minimum absolute atomic E-state index is 0.0260. The number of benzene rings is 1. The van der Waals surface area contributed by atoms with Crippen LogP contribution in [0.4, 0.5) is 0 Å². The van der Waals surface area contributed by atoms with Crippen molar-refractivity contribution in [3.63, 3.8) is 0 Å². The van der Waals surface area contributed by atoms with E-state index >= 15 is 0 Å². The van der Waals surface area contributed by atoms with Gasteiger partial charge in [-0.15, -0.1) is 0 Å². The summed E-state index contributed by atoms with van der Waals surface area (Å²) in [6, 6.07) is 8.21. The van der Waals surface area contributed by atoms with Gasteiger partial charge in [0, 0.05) is 10.9 Å². The molecule has 3 heteroatoms. The summed E-state index contributed by atoms with van der Waals surface area (Å²) in [6.45, 7) is 8.69. The van der Waals surface area contributed by atoms with Crippen molar-refractivity contribution in [2.24, 2.45) is 11.1 Å². The third-order valence-corrected chi connectivity index (χ3v) is 6.25. The third kappa shape index (κ3) is 2.92. The Morgan fingerprint density at radius 1 is 1.26 bits per heavy atom. The second-order valence-corrected chi connectivity index (χ2v) is 8.28. The molecule has 1 aromatic rings. The van der Waals surface area contributed by atoms with E-state index in [9.17, 15) is 4.21 Å². The highest BCUT2D eigenvalue weighted by molar-refractivity contribution is 7.85. The summed E-state index contributed by atoms with van der Waals surface area (Å²) < 4.78 is 12.7. The topological polar surface area (TPSA) is 43.1 Å². The molecule has 3 atom stereocenters. The summed E-state index contributed by atoms with van der Waals surface area (Å²) in [7, 11) is -0.982. The Hall–Kier alpha value is -0.670. The van der Waals surface area contributed by atoms with Crippen molar-refractivity contribution in [2.75, 3.05) is 0 Å². The lowest BCUT2D eigenvalue weighted by Crippen LogP contribution is -2.41. The van der Waals surface area contributed by atoms with Crippen LogP contribution in [0.5, 0.6) is 0 Å². The van der Waals surface area contributed by atoms with E-state index in [1.54, 1.807) is 0 Å². The quantitative estimate of drug-likeness (QED) is 0.921. The Balaban J connectivity index is 2.17. The standard InChI is InChI=1S/C16H25NOS/c1-11(2)12-5-7-13(8-6-12)19(18)14-9-10-16(3,4)15(14)17/h5-8,11,14-15H,9-10,17H2,1-4H3. The molecule has 0 spiro atoms. The van der Waals surface area contributed by atoms with Gasteiger partial charge in [0.05, 0.1) is 16.0 Å². The van der Waals surface area contributed by atoms with Gasteiger partial charge in [-0.2, -0.15) is 0 Å². The van der Waals surface area contributed by atoms with Gasteiger partial charge in [-0.05, 0) is 41.9 Å². The summed E-state index contributed by atoms with van der Waals surface area (Å²) in [4.78, 5) is 0.919. The van der Waals surface area contributed by atoms with Crippen LogP contribution in [0.25, 0.3) is 0 Å². The maximum absolute atomic E-state index is 12.7. The van der Waals surface area contributed by atoms with Crippen molar-refractivity contribution in [1.29, 1.82) is 0 Å². The second-order valence-electron chi connectivity index (χ2n) is 6.61. The van der Waals surface area contributed by atoms with Crippen LogP contribution < -0.4 is 5.73 Å². The molecule has 1 aromatic carbocycles. The van der Waals surface area contributed by atoms with Crippen LogP contribution in [0.2, 0.25) is 0 Å². The van der Waals surface area contributed by atoms with Crippen LogP contribution in [0, 0.1) is 5.41 Å². The Bertz CT molecular complexity index is 464. The van der Waals surface area contributed by atoms with Gasteiger partial charge in [0.2, 0.25) is 0 Å². The van der Waals surface area contributed by atoms with Crippen molar-refractivity contribution >= 4 is 10.8 Å². The summed E-state index contributed by atoms with van der Waals surface area (Å²) >= 11 is 0. The van der Waals surface area contributed by atoms with Crippen molar-refractivity contribution < 1.29 is 4.21 Å². The Labute approximate surface area is 119 Å². The molecule has 0 amide bonds. The molecule has 1 aliphatic carbocycles. The van der Waals surface area contributed by atoms with Crippen molar-refractivity contribution in [3.8, 4) is 0 Å². The molecular formula is C16H25NOS. The Kier molecular flexibility index (Phi) is 4.17. The van der Waals surface area contributed by atoms with Gasteiger partial charge in [-0.3, -0.25) is 4.21 Å². The van der Waals surface area contributed by atoms with Crippen LogP contribution in [0.1, 0.15) is 52.0 Å². The molecule has 3 unspecified atom stereocenters. The number of hydrogen-bond donors (Lipinski definition) is 1. The molecule has 1 saturated carbocycles. The van der Waals surface area contributed by atoms with Gasteiger partial charge in [0.15, 0.2) is 0 Å². The van der Waals surface area contributed by atoms with E-state index in [-0.39, 0.29) is 16.7 Å². The van der Waals surface area contributed by atoms with Crippen LogP contribution in [-0.4, -0.2) is 15.5 Å². The molecule has 0 saturated heterocycles. The average Bonchev–Trinajstić information content (AvgIpc) is 2.64. The van der Waals surface area contributed by atoms with Crippen molar-refractivity contribution in [1.82, 2.24) is 0 Å². The van der Waals surface area contributed by atoms with E-state index in [4.69, 9.17) is 5.73 Å². The fraction of sp³-hybridized carbons (Fsp3) is 0.625. The largest absolute Gasteiger partial charge is 0.326 e.